The molecule has 1 aliphatic rings. The molecule has 2 amide bonds. The number of aromatic nitrogens is 1. The largest absolute Gasteiger partial charge is 0.369 e. The molecule has 0 aromatic carbocycles. The van der Waals surface area contributed by atoms with E-state index in [1.807, 2.05) is 0 Å². The number of hydrogen-bond donors (Lipinski definition) is 1. The minimum atomic E-state index is -0.826. The second kappa shape index (κ2) is 6.48. The average molecular weight is 309 g/mol. The van der Waals surface area contributed by atoms with Gasteiger partial charge in [-0.1, -0.05) is 5.16 Å². The Hall–Kier alpha value is -1.89. The molecule has 2 heterocycles. The van der Waals surface area contributed by atoms with E-state index in [2.05, 4.69) is 10.5 Å². The van der Waals surface area contributed by atoms with Gasteiger partial charge in [0, 0.05) is 32.2 Å². The molecule has 7 heteroatoms. The summed E-state index contributed by atoms with van der Waals surface area (Å²) in [5.41, 5.74) is -0.826. The Balaban J connectivity index is 1.86. The normalized spacial score (nSPS) is 16.6. The Morgan fingerprint density at radius 2 is 2.05 bits per heavy atom. The van der Waals surface area contributed by atoms with E-state index < -0.39 is 5.60 Å². The van der Waals surface area contributed by atoms with Gasteiger partial charge in [0.15, 0.2) is 5.82 Å². The topological polar surface area (TPSA) is 84.7 Å². The number of likely N-dealkylation sites (tertiary alicyclic amines) is 1. The third kappa shape index (κ3) is 3.65. The highest BCUT2D eigenvalue weighted by Crippen LogP contribution is 2.22. The molecule has 1 aliphatic heterocycles. The zero-order chi connectivity index (χ0) is 16.3. The van der Waals surface area contributed by atoms with Crippen LogP contribution in [0.1, 0.15) is 32.4 Å². The van der Waals surface area contributed by atoms with Crippen molar-refractivity contribution in [1.82, 2.24) is 10.1 Å². The number of carbonyl (C=O) groups excluding carboxylic acids is 2. The molecule has 122 valence electrons. The Kier molecular flexibility index (Phi) is 4.85. The fourth-order valence-corrected chi connectivity index (χ4v) is 2.47. The fourth-order valence-electron chi connectivity index (χ4n) is 2.47. The Morgan fingerprint density at radius 3 is 2.55 bits per heavy atom. The first-order valence-electron chi connectivity index (χ1n) is 7.42. The summed E-state index contributed by atoms with van der Waals surface area (Å²) in [7, 11) is 1.53. The maximum atomic E-state index is 12.3. The number of amides is 2. The molecule has 0 bridgehead atoms. The predicted molar refractivity (Wildman–Crippen MR) is 80.3 cm³/mol. The summed E-state index contributed by atoms with van der Waals surface area (Å²) < 4.78 is 10.1. The summed E-state index contributed by atoms with van der Waals surface area (Å²) in [6.07, 6.45) is 1.27. The van der Waals surface area contributed by atoms with Gasteiger partial charge < -0.3 is 19.5 Å². The van der Waals surface area contributed by atoms with Crippen LogP contribution in [-0.2, 0) is 14.3 Å². The van der Waals surface area contributed by atoms with Crippen LogP contribution >= 0.6 is 0 Å². The molecule has 1 N–H and O–H groups in total. The van der Waals surface area contributed by atoms with Crippen molar-refractivity contribution in [3.8, 4) is 0 Å². The molecule has 1 fully saturated rings. The van der Waals surface area contributed by atoms with Crippen LogP contribution in [-0.4, -0.2) is 47.7 Å². The van der Waals surface area contributed by atoms with Crippen LogP contribution in [0.25, 0.3) is 0 Å². The molecule has 0 aliphatic carbocycles. The van der Waals surface area contributed by atoms with E-state index in [9.17, 15) is 9.59 Å². The van der Waals surface area contributed by atoms with Gasteiger partial charge in [-0.25, -0.2) is 0 Å². The monoisotopic (exact) mass is 309 g/mol. The van der Waals surface area contributed by atoms with Crippen molar-refractivity contribution in [3.05, 3.63) is 11.8 Å². The SMILES string of the molecule is COC(C)(C)C(=O)N1CCC(C(=O)Nc2cc(C)on2)CC1. The number of hydrogen-bond acceptors (Lipinski definition) is 5. The molecule has 22 heavy (non-hydrogen) atoms. The first kappa shape index (κ1) is 16.5. The molecule has 1 aromatic rings. The number of methoxy groups -OCH3 is 1. The Bertz CT molecular complexity index is 545. The molecule has 0 spiro atoms. The summed E-state index contributed by atoms with van der Waals surface area (Å²) in [5.74, 6) is 0.845. The van der Waals surface area contributed by atoms with E-state index in [1.54, 1.807) is 31.7 Å². The number of aryl methyl sites for hydroxylation is 1. The van der Waals surface area contributed by atoms with Crippen LogP contribution in [0.15, 0.2) is 10.6 Å². The van der Waals surface area contributed by atoms with Gasteiger partial charge in [-0.2, -0.15) is 0 Å². The number of ether oxygens (including phenoxy) is 1. The summed E-state index contributed by atoms with van der Waals surface area (Å²) in [6, 6.07) is 1.68. The van der Waals surface area contributed by atoms with Crippen LogP contribution in [0.5, 0.6) is 0 Å². The minimum Gasteiger partial charge on any atom is -0.369 e. The summed E-state index contributed by atoms with van der Waals surface area (Å²) in [4.78, 5) is 26.2. The first-order valence-corrected chi connectivity index (χ1v) is 7.42. The first-order chi connectivity index (χ1) is 10.3. The molecule has 0 atom stereocenters. The van der Waals surface area contributed by atoms with Crippen LogP contribution in [0.3, 0.4) is 0 Å². The molecule has 0 unspecified atom stereocenters. The molecule has 0 saturated carbocycles. The van der Waals surface area contributed by atoms with Gasteiger partial charge in [-0.05, 0) is 33.6 Å². The van der Waals surface area contributed by atoms with Gasteiger partial charge in [0.05, 0.1) is 0 Å². The van der Waals surface area contributed by atoms with Crippen molar-refractivity contribution in [3.63, 3.8) is 0 Å². The molecule has 7 nitrogen and oxygen atoms in total. The average Bonchev–Trinajstić information content (AvgIpc) is 2.91. The van der Waals surface area contributed by atoms with Crippen LogP contribution < -0.4 is 5.32 Å². The van der Waals surface area contributed by atoms with Crippen molar-refractivity contribution in [2.75, 3.05) is 25.5 Å². The highest BCUT2D eigenvalue weighted by atomic mass is 16.5. The summed E-state index contributed by atoms with van der Waals surface area (Å²) in [6.45, 7) is 6.38. The second-order valence-electron chi connectivity index (χ2n) is 6.09. The van der Waals surface area contributed by atoms with Gasteiger partial charge in [0.2, 0.25) is 5.91 Å². The van der Waals surface area contributed by atoms with E-state index in [-0.39, 0.29) is 17.7 Å². The van der Waals surface area contributed by atoms with Crippen molar-refractivity contribution < 1.29 is 18.8 Å². The maximum Gasteiger partial charge on any atom is 0.254 e. The number of rotatable bonds is 4. The third-order valence-corrected chi connectivity index (χ3v) is 4.06. The highest BCUT2D eigenvalue weighted by Gasteiger charge is 2.35. The number of piperidine rings is 1. The van der Waals surface area contributed by atoms with Crippen molar-refractivity contribution in [2.24, 2.45) is 5.92 Å². The van der Waals surface area contributed by atoms with Crippen molar-refractivity contribution >= 4 is 17.6 Å². The number of nitrogens with one attached hydrogen (secondary N) is 1. The van der Waals surface area contributed by atoms with E-state index >= 15 is 0 Å². The predicted octanol–water partition coefficient (Wildman–Crippen LogP) is 1.59. The lowest BCUT2D eigenvalue weighted by atomic mass is 9.94. The molecular weight excluding hydrogens is 286 g/mol. The minimum absolute atomic E-state index is 0.0408. The van der Waals surface area contributed by atoms with Gasteiger partial charge in [-0.3, -0.25) is 9.59 Å². The quantitative estimate of drug-likeness (QED) is 0.913. The molecular formula is C15H23N3O4. The lowest BCUT2D eigenvalue weighted by molar-refractivity contribution is -0.153. The fraction of sp³-hybridized carbons (Fsp3) is 0.667. The van der Waals surface area contributed by atoms with Crippen LogP contribution in [0.4, 0.5) is 5.82 Å². The van der Waals surface area contributed by atoms with Gasteiger partial charge in [-0.15, -0.1) is 0 Å². The van der Waals surface area contributed by atoms with Crippen molar-refractivity contribution in [2.45, 2.75) is 39.2 Å². The van der Waals surface area contributed by atoms with Crippen molar-refractivity contribution in [1.29, 1.82) is 0 Å². The van der Waals surface area contributed by atoms with Gasteiger partial charge >= 0.3 is 0 Å². The number of nitrogens with zero attached hydrogens (tertiary/aromatic N) is 2. The van der Waals surface area contributed by atoms with E-state index in [4.69, 9.17) is 9.26 Å². The van der Waals surface area contributed by atoms with E-state index in [0.717, 1.165) is 0 Å². The zero-order valence-corrected chi connectivity index (χ0v) is 13.5. The lowest BCUT2D eigenvalue weighted by Gasteiger charge is -2.35. The van der Waals surface area contributed by atoms with E-state index in [0.29, 0.717) is 37.5 Å². The molecule has 1 saturated heterocycles. The second-order valence-corrected chi connectivity index (χ2v) is 6.09. The lowest BCUT2D eigenvalue weighted by Crippen LogP contribution is -2.50. The zero-order valence-electron chi connectivity index (χ0n) is 13.5. The molecule has 2 rings (SSSR count). The third-order valence-electron chi connectivity index (χ3n) is 4.06. The Morgan fingerprint density at radius 1 is 1.41 bits per heavy atom. The standard InChI is InChI=1S/C15H23N3O4/c1-10-9-12(17-22-10)16-13(19)11-5-7-18(8-6-11)14(20)15(2,3)21-4/h9,11H,5-8H2,1-4H3,(H,16,17,19). The maximum absolute atomic E-state index is 12.3. The smallest absolute Gasteiger partial charge is 0.254 e. The summed E-state index contributed by atoms with van der Waals surface area (Å²) in [5, 5.41) is 6.50. The number of anilines is 1. The van der Waals surface area contributed by atoms with E-state index in [1.165, 1.54) is 7.11 Å². The Labute approximate surface area is 130 Å². The van der Waals surface area contributed by atoms with Gasteiger partial charge in [0.1, 0.15) is 11.4 Å². The number of carbonyl (C=O) groups is 2. The highest BCUT2D eigenvalue weighted by molar-refractivity contribution is 5.92. The molecule has 0 radical (unpaired) electrons. The van der Waals surface area contributed by atoms with Gasteiger partial charge in [0.25, 0.3) is 5.91 Å². The van der Waals surface area contributed by atoms with Crippen LogP contribution in [0.2, 0.25) is 0 Å². The van der Waals surface area contributed by atoms with Crippen LogP contribution in [0, 0.1) is 12.8 Å². The molecule has 1 aromatic heterocycles. The summed E-state index contributed by atoms with van der Waals surface area (Å²) >= 11 is 0.